The molecule has 0 unspecified atom stereocenters. The van der Waals surface area contributed by atoms with Crippen molar-refractivity contribution in [1.29, 1.82) is 0 Å². The molecule has 0 aliphatic heterocycles. The predicted octanol–water partition coefficient (Wildman–Crippen LogP) is 3.16. The van der Waals surface area contributed by atoms with E-state index in [1.165, 1.54) is 18.3 Å². The van der Waals surface area contributed by atoms with Gasteiger partial charge >= 0.3 is 0 Å². The molecule has 0 saturated carbocycles. The average Bonchev–Trinajstić information content (AvgIpc) is 2.73. The molecule has 2 aromatic carbocycles. The molecule has 0 radical (unpaired) electrons. The number of rotatable bonds is 9. The Hall–Kier alpha value is -3.16. The number of amides is 1. The molecule has 1 amide bonds. The number of nitrogens with one attached hydrogen (secondary N) is 2. The molecule has 162 valence electrons. The van der Waals surface area contributed by atoms with Gasteiger partial charge in [0.25, 0.3) is 5.91 Å². The lowest BCUT2D eigenvalue weighted by atomic mass is 10.00. The van der Waals surface area contributed by atoms with E-state index in [2.05, 4.69) is 15.6 Å². The lowest BCUT2D eigenvalue weighted by Crippen LogP contribution is -2.48. The van der Waals surface area contributed by atoms with Gasteiger partial charge in [-0.15, -0.1) is 0 Å². The zero-order chi connectivity index (χ0) is 22.2. The average molecular weight is 425 g/mol. The molecular formula is C24H25F2N3O2. The summed E-state index contributed by atoms with van der Waals surface area (Å²) in [5.41, 5.74) is 2.87. The van der Waals surface area contributed by atoms with Gasteiger partial charge in [0.2, 0.25) is 0 Å². The molecule has 3 aromatic rings. The SMILES string of the molecule is Cc1cccc(CNC[C@@H](O)[C@H](Cc2cc(F)cc(F)c2)NC(=O)c2cccnc2)c1. The summed E-state index contributed by atoms with van der Waals surface area (Å²) in [5.74, 6) is -1.84. The van der Waals surface area contributed by atoms with E-state index in [0.29, 0.717) is 17.7 Å². The Morgan fingerprint density at radius 3 is 2.52 bits per heavy atom. The van der Waals surface area contributed by atoms with Crippen LogP contribution in [0.4, 0.5) is 8.78 Å². The van der Waals surface area contributed by atoms with Crippen molar-refractivity contribution in [2.24, 2.45) is 0 Å². The molecule has 3 rings (SSSR count). The van der Waals surface area contributed by atoms with Crippen molar-refractivity contribution in [2.45, 2.75) is 32.0 Å². The highest BCUT2D eigenvalue weighted by atomic mass is 19.1. The van der Waals surface area contributed by atoms with Gasteiger partial charge in [0.15, 0.2) is 0 Å². The predicted molar refractivity (Wildman–Crippen MR) is 114 cm³/mol. The smallest absolute Gasteiger partial charge is 0.253 e. The van der Waals surface area contributed by atoms with Crippen LogP contribution in [0.15, 0.2) is 67.0 Å². The van der Waals surface area contributed by atoms with Crippen LogP contribution in [0.25, 0.3) is 0 Å². The van der Waals surface area contributed by atoms with Gasteiger partial charge in [0.05, 0.1) is 17.7 Å². The van der Waals surface area contributed by atoms with Crippen LogP contribution in [0.3, 0.4) is 0 Å². The molecule has 0 aliphatic carbocycles. The van der Waals surface area contributed by atoms with Crippen LogP contribution in [-0.4, -0.2) is 34.7 Å². The summed E-state index contributed by atoms with van der Waals surface area (Å²) in [5, 5.41) is 16.7. The molecule has 31 heavy (non-hydrogen) atoms. The van der Waals surface area contributed by atoms with Gasteiger partial charge in [-0.2, -0.15) is 0 Å². The molecule has 0 fully saturated rings. The third kappa shape index (κ3) is 6.94. The first kappa shape index (κ1) is 22.5. The molecule has 2 atom stereocenters. The maximum absolute atomic E-state index is 13.6. The van der Waals surface area contributed by atoms with Crippen LogP contribution < -0.4 is 10.6 Å². The molecule has 0 bridgehead atoms. The number of hydrogen-bond donors (Lipinski definition) is 3. The van der Waals surface area contributed by atoms with Crippen molar-refractivity contribution >= 4 is 5.91 Å². The second kappa shape index (κ2) is 10.7. The van der Waals surface area contributed by atoms with Gasteiger partial charge in [-0.3, -0.25) is 9.78 Å². The molecule has 7 heteroatoms. The van der Waals surface area contributed by atoms with Crippen molar-refractivity contribution in [3.05, 3.63) is 101 Å². The number of aliphatic hydroxyl groups excluding tert-OH is 1. The van der Waals surface area contributed by atoms with Gasteiger partial charge in [0, 0.05) is 31.5 Å². The Bertz CT molecular complexity index is 994. The van der Waals surface area contributed by atoms with E-state index in [9.17, 15) is 18.7 Å². The number of pyridine rings is 1. The summed E-state index contributed by atoms with van der Waals surface area (Å²) < 4.78 is 27.2. The number of hydrogen-bond acceptors (Lipinski definition) is 4. The number of aromatic nitrogens is 1. The van der Waals surface area contributed by atoms with Gasteiger partial charge in [0.1, 0.15) is 11.6 Å². The summed E-state index contributed by atoms with van der Waals surface area (Å²) in [6.45, 7) is 2.72. The van der Waals surface area contributed by atoms with Crippen molar-refractivity contribution in [3.8, 4) is 0 Å². The fourth-order valence-corrected chi connectivity index (χ4v) is 3.34. The Morgan fingerprint density at radius 1 is 1.06 bits per heavy atom. The minimum Gasteiger partial charge on any atom is -0.390 e. The summed E-state index contributed by atoms with van der Waals surface area (Å²) in [6.07, 6.45) is 2.04. The first-order chi connectivity index (χ1) is 14.9. The van der Waals surface area contributed by atoms with Crippen molar-refractivity contribution in [1.82, 2.24) is 15.6 Å². The number of benzene rings is 2. The monoisotopic (exact) mass is 425 g/mol. The van der Waals surface area contributed by atoms with E-state index in [1.54, 1.807) is 18.3 Å². The molecule has 0 aliphatic rings. The number of aryl methyl sites for hydroxylation is 1. The van der Waals surface area contributed by atoms with Crippen LogP contribution in [-0.2, 0) is 13.0 Å². The van der Waals surface area contributed by atoms with E-state index >= 15 is 0 Å². The molecule has 3 N–H and O–H groups in total. The molecule has 0 saturated heterocycles. The van der Waals surface area contributed by atoms with E-state index in [1.807, 2.05) is 31.2 Å². The Balaban J connectivity index is 1.69. The van der Waals surface area contributed by atoms with Crippen LogP contribution in [0.5, 0.6) is 0 Å². The third-order valence-corrected chi connectivity index (χ3v) is 4.85. The van der Waals surface area contributed by atoms with E-state index in [-0.39, 0.29) is 13.0 Å². The molecule has 1 heterocycles. The zero-order valence-corrected chi connectivity index (χ0v) is 17.2. The Kier molecular flexibility index (Phi) is 7.81. The van der Waals surface area contributed by atoms with Crippen molar-refractivity contribution in [2.75, 3.05) is 6.54 Å². The Labute approximate surface area is 180 Å². The first-order valence-corrected chi connectivity index (χ1v) is 10.0. The molecule has 0 spiro atoms. The second-order valence-electron chi connectivity index (χ2n) is 7.49. The van der Waals surface area contributed by atoms with Crippen LogP contribution in [0, 0.1) is 18.6 Å². The summed E-state index contributed by atoms with van der Waals surface area (Å²) >= 11 is 0. The maximum Gasteiger partial charge on any atom is 0.253 e. The van der Waals surface area contributed by atoms with Crippen LogP contribution in [0.2, 0.25) is 0 Å². The van der Waals surface area contributed by atoms with Crippen molar-refractivity contribution in [3.63, 3.8) is 0 Å². The summed E-state index contributed by atoms with van der Waals surface area (Å²) in [4.78, 5) is 16.5. The number of halogens is 2. The van der Waals surface area contributed by atoms with Gasteiger partial charge < -0.3 is 15.7 Å². The topological polar surface area (TPSA) is 74.2 Å². The largest absolute Gasteiger partial charge is 0.390 e. The summed E-state index contributed by atoms with van der Waals surface area (Å²) in [7, 11) is 0. The van der Waals surface area contributed by atoms with E-state index in [4.69, 9.17) is 0 Å². The minimum atomic E-state index is -0.989. The highest BCUT2D eigenvalue weighted by Gasteiger charge is 2.23. The fraction of sp³-hybridized carbons (Fsp3) is 0.250. The minimum absolute atomic E-state index is 0.0635. The number of aliphatic hydroxyl groups is 1. The molecule has 1 aromatic heterocycles. The highest BCUT2D eigenvalue weighted by molar-refractivity contribution is 5.94. The van der Waals surface area contributed by atoms with Crippen LogP contribution in [0.1, 0.15) is 27.0 Å². The summed E-state index contributed by atoms with van der Waals surface area (Å²) in [6, 6.07) is 13.6. The van der Waals surface area contributed by atoms with Crippen LogP contribution >= 0.6 is 0 Å². The number of nitrogens with zero attached hydrogens (tertiary/aromatic N) is 1. The molecular weight excluding hydrogens is 400 g/mol. The first-order valence-electron chi connectivity index (χ1n) is 10.0. The van der Waals surface area contributed by atoms with Gasteiger partial charge in [-0.25, -0.2) is 8.78 Å². The normalized spacial score (nSPS) is 12.9. The number of carbonyl (C=O) groups excluding carboxylic acids is 1. The quantitative estimate of drug-likeness (QED) is 0.492. The molecule has 5 nitrogen and oxygen atoms in total. The van der Waals surface area contributed by atoms with E-state index in [0.717, 1.165) is 17.2 Å². The van der Waals surface area contributed by atoms with E-state index < -0.39 is 29.7 Å². The highest BCUT2D eigenvalue weighted by Crippen LogP contribution is 2.13. The zero-order valence-electron chi connectivity index (χ0n) is 17.2. The maximum atomic E-state index is 13.6. The third-order valence-electron chi connectivity index (χ3n) is 4.85. The Morgan fingerprint density at radius 2 is 1.84 bits per heavy atom. The number of carbonyl (C=O) groups is 1. The standard InChI is InChI=1S/C24H25F2N3O2/c1-16-4-2-5-17(8-16)13-28-15-23(30)22(11-18-9-20(25)12-21(26)10-18)29-24(31)19-6-3-7-27-14-19/h2-10,12,14,22-23,28,30H,11,13,15H2,1H3,(H,29,31)/t22-,23+/m0/s1. The van der Waals surface area contributed by atoms with Gasteiger partial charge in [-0.1, -0.05) is 29.8 Å². The second-order valence-corrected chi connectivity index (χ2v) is 7.49. The fourth-order valence-electron chi connectivity index (χ4n) is 3.34. The van der Waals surface area contributed by atoms with Crippen molar-refractivity contribution < 1.29 is 18.7 Å². The lowest BCUT2D eigenvalue weighted by molar-refractivity contribution is 0.0829. The lowest BCUT2D eigenvalue weighted by Gasteiger charge is -2.25. The van der Waals surface area contributed by atoms with Gasteiger partial charge in [-0.05, 0) is 48.7 Å².